The normalized spacial score (nSPS) is 18.4. The molecule has 0 atom stereocenters. The number of ether oxygens (including phenoxy) is 1. The van der Waals surface area contributed by atoms with E-state index >= 15 is 0 Å². The largest absolute Gasteiger partial charge is 0.475 e. The van der Waals surface area contributed by atoms with Crippen molar-refractivity contribution in [2.24, 2.45) is 0 Å². The van der Waals surface area contributed by atoms with Crippen molar-refractivity contribution in [3.8, 4) is 0 Å². The van der Waals surface area contributed by atoms with Crippen LogP contribution in [0.2, 0.25) is 0 Å². The van der Waals surface area contributed by atoms with Gasteiger partial charge in [-0.2, -0.15) is 0 Å². The first-order valence-electron chi connectivity index (χ1n) is 6.71. The van der Waals surface area contributed by atoms with Gasteiger partial charge in [0.15, 0.2) is 0 Å². The Morgan fingerprint density at radius 2 is 2.10 bits per heavy atom. The van der Waals surface area contributed by atoms with Gasteiger partial charge in [-0.3, -0.25) is 4.90 Å². The lowest BCUT2D eigenvalue weighted by molar-refractivity contribution is -0.0777. The second-order valence-corrected chi connectivity index (χ2v) is 5.51. The van der Waals surface area contributed by atoms with Crippen molar-refractivity contribution in [3.63, 3.8) is 0 Å². The Kier molecular flexibility index (Phi) is 4.47. The van der Waals surface area contributed by atoms with E-state index in [4.69, 9.17) is 14.3 Å². The zero-order chi connectivity index (χ0) is 14.8. The molecule has 2 rings (SSSR count). The Labute approximate surface area is 117 Å². The zero-order valence-electron chi connectivity index (χ0n) is 11.9. The fourth-order valence-electron chi connectivity index (χ4n) is 2.54. The van der Waals surface area contributed by atoms with Gasteiger partial charge in [0.05, 0.1) is 5.60 Å². The van der Waals surface area contributed by atoms with Gasteiger partial charge in [-0.05, 0) is 20.0 Å². The lowest BCUT2D eigenvalue weighted by atomic mass is 9.94. The van der Waals surface area contributed by atoms with Gasteiger partial charge in [-0.15, -0.1) is 0 Å². The molecule has 6 nitrogen and oxygen atoms in total. The number of carboxylic acids is 1. The second-order valence-electron chi connectivity index (χ2n) is 5.51. The number of aromatic carboxylic acids is 1. The van der Waals surface area contributed by atoms with Crippen LogP contribution in [-0.2, 0) is 11.3 Å². The van der Waals surface area contributed by atoms with Crippen LogP contribution in [0.5, 0.6) is 0 Å². The first-order valence-corrected chi connectivity index (χ1v) is 6.71. The molecule has 1 aromatic heterocycles. The summed E-state index contributed by atoms with van der Waals surface area (Å²) in [6, 6.07) is 1.54. The molecular weight excluding hydrogens is 262 g/mol. The highest BCUT2D eigenvalue weighted by Gasteiger charge is 2.31. The van der Waals surface area contributed by atoms with Gasteiger partial charge in [0.1, 0.15) is 5.76 Å². The highest BCUT2D eigenvalue weighted by atomic mass is 16.5. The van der Waals surface area contributed by atoms with E-state index in [0.29, 0.717) is 44.9 Å². The first kappa shape index (κ1) is 15.0. The van der Waals surface area contributed by atoms with Gasteiger partial charge in [-0.25, -0.2) is 4.79 Å². The number of aliphatic hydroxyl groups is 1. The molecule has 20 heavy (non-hydrogen) atoms. The maximum Gasteiger partial charge on any atom is 0.371 e. The molecule has 0 spiro atoms. The number of nitrogens with zero attached hydrogens (tertiary/aromatic N) is 1. The molecule has 1 aliphatic heterocycles. The summed E-state index contributed by atoms with van der Waals surface area (Å²) in [5.74, 6) is -0.506. The number of hydrogen-bond acceptors (Lipinski definition) is 5. The number of carboxylic acid groups (broad SMARTS) is 1. The molecule has 1 fully saturated rings. The average molecular weight is 283 g/mol. The standard InChI is InChI=1S/C14H21NO5/c1-10-11(7-12(20-10)13(16)17)8-15(2)9-14(18)3-5-19-6-4-14/h7,18H,3-6,8-9H2,1-2H3,(H,16,17). The molecule has 6 heteroatoms. The summed E-state index contributed by atoms with van der Waals surface area (Å²) in [4.78, 5) is 12.8. The van der Waals surface area contributed by atoms with Crippen LogP contribution in [0, 0.1) is 6.92 Å². The summed E-state index contributed by atoms with van der Waals surface area (Å²) in [5, 5.41) is 19.3. The van der Waals surface area contributed by atoms with E-state index in [1.165, 1.54) is 0 Å². The second kappa shape index (κ2) is 5.95. The third-order valence-electron chi connectivity index (χ3n) is 3.66. The van der Waals surface area contributed by atoms with E-state index < -0.39 is 11.6 Å². The summed E-state index contributed by atoms with van der Waals surface area (Å²) >= 11 is 0. The SMILES string of the molecule is Cc1oc(C(=O)O)cc1CN(C)CC1(O)CCOCC1. The number of likely N-dealkylation sites (N-methyl/N-ethyl adjacent to an activating group) is 1. The molecule has 0 unspecified atom stereocenters. The zero-order valence-corrected chi connectivity index (χ0v) is 11.9. The minimum atomic E-state index is -1.06. The maximum atomic E-state index is 10.9. The molecular formula is C14H21NO5. The molecule has 0 aromatic carbocycles. The lowest BCUT2D eigenvalue weighted by Crippen LogP contribution is -2.45. The minimum absolute atomic E-state index is 0.0457. The Morgan fingerprint density at radius 3 is 2.65 bits per heavy atom. The van der Waals surface area contributed by atoms with Crippen LogP contribution in [0.4, 0.5) is 0 Å². The highest BCUT2D eigenvalue weighted by Crippen LogP contribution is 2.23. The summed E-state index contributed by atoms with van der Waals surface area (Å²) in [6.07, 6.45) is 1.25. The molecule has 0 amide bonds. The summed E-state index contributed by atoms with van der Waals surface area (Å²) in [6.45, 7) is 3.99. The third-order valence-corrected chi connectivity index (χ3v) is 3.66. The van der Waals surface area contributed by atoms with Crippen molar-refractivity contribution >= 4 is 5.97 Å². The molecule has 0 bridgehead atoms. The molecule has 1 aromatic rings. The van der Waals surface area contributed by atoms with Crippen molar-refractivity contribution in [1.82, 2.24) is 4.90 Å². The lowest BCUT2D eigenvalue weighted by Gasteiger charge is -2.35. The van der Waals surface area contributed by atoms with E-state index in [-0.39, 0.29) is 5.76 Å². The van der Waals surface area contributed by atoms with Crippen molar-refractivity contribution in [2.45, 2.75) is 31.9 Å². The molecule has 2 N–H and O–H groups in total. The van der Waals surface area contributed by atoms with Crippen molar-refractivity contribution in [3.05, 3.63) is 23.2 Å². The molecule has 0 aliphatic carbocycles. The van der Waals surface area contributed by atoms with Gasteiger partial charge in [0.2, 0.25) is 5.76 Å². The molecule has 1 saturated heterocycles. The van der Waals surface area contributed by atoms with Crippen molar-refractivity contribution in [2.75, 3.05) is 26.8 Å². The summed E-state index contributed by atoms with van der Waals surface area (Å²) in [5.41, 5.74) is 0.112. The van der Waals surface area contributed by atoms with Crippen LogP contribution < -0.4 is 0 Å². The topological polar surface area (TPSA) is 83.1 Å². The van der Waals surface area contributed by atoms with E-state index in [1.54, 1.807) is 13.0 Å². The van der Waals surface area contributed by atoms with Crippen LogP contribution in [0.3, 0.4) is 0 Å². The number of furan rings is 1. The Balaban J connectivity index is 1.97. The Bertz CT molecular complexity index is 476. The Hall–Kier alpha value is -1.37. The predicted molar refractivity (Wildman–Crippen MR) is 71.7 cm³/mol. The molecule has 0 radical (unpaired) electrons. The quantitative estimate of drug-likeness (QED) is 0.846. The van der Waals surface area contributed by atoms with E-state index in [1.807, 2.05) is 11.9 Å². The summed E-state index contributed by atoms with van der Waals surface area (Å²) < 4.78 is 10.4. The van der Waals surface area contributed by atoms with Gasteiger partial charge in [-0.1, -0.05) is 0 Å². The highest BCUT2D eigenvalue weighted by molar-refractivity contribution is 5.84. The van der Waals surface area contributed by atoms with Crippen LogP contribution in [0.15, 0.2) is 10.5 Å². The van der Waals surface area contributed by atoms with Gasteiger partial charge in [0.25, 0.3) is 0 Å². The number of hydrogen-bond donors (Lipinski definition) is 2. The van der Waals surface area contributed by atoms with Crippen LogP contribution in [0.1, 0.15) is 34.7 Å². The van der Waals surface area contributed by atoms with Crippen molar-refractivity contribution < 1.29 is 24.2 Å². The number of rotatable bonds is 5. The van der Waals surface area contributed by atoms with Gasteiger partial charge >= 0.3 is 5.97 Å². The number of aryl methyl sites for hydroxylation is 1. The van der Waals surface area contributed by atoms with E-state index in [9.17, 15) is 9.90 Å². The molecule has 1 aliphatic rings. The van der Waals surface area contributed by atoms with Crippen LogP contribution in [0.25, 0.3) is 0 Å². The van der Waals surface area contributed by atoms with Gasteiger partial charge in [0, 0.05) is 44.7 Å². The molecule has 112 valence electrons. The van der Waals surface area contributed by atoms with E-state index in [0.717, 1.165) is 5.56 Å². The van der Waals surface area contributed by atoms with Gasteiger partial charge < -0.3 is 19.4 Å². The smallest absolute Gasteiger partial charge is 0.371 e. The molecule has 0 saturated carbocycles. The monoisotopic (exact) mass is 283 g/mol. The predicted octanol–water partition coefficient (Wildman–Crippen LogP) is 1.26. The molecule has 2 heterocycles. The first-order chi connectivity index (χ1) is 9.39. The maximum absolute atomic E-state index is 10.9. The van der Waals surface area contributed by atoms with Crippen LogP contribution in [-0.4, -0.2) is 53.5 Å². The fourth-order valence-corrected chi connectivity index (χ4v) is 2.54. The van der Waals surface area contributed by atoms with E-state index in [2.05, 4.69) is 0 Å². The van der Waals surface area contributed by atoms with Crippen molar-refractivity contribution in [1.29, 1.82) is 0 Å². The average Bonchev–Trinajstić information content (AvgIpc) is 2.71. The fraction of sp³-hybridized carbons (Fsp3) is 0.643. The minimum Gasteiger partial charge on any atom is -0.475 e. The Morgan fingerprint density at radius 1 is 1.45 bits per heavy atom. The third kappa shape index (κ3) is 3.59. The summed E-state index contributed by atoms with van der Waals surface area (Å²) in [7, 11) is 1.90. The number of carbonyl (C=O) groups is 1. The van der Waals surface area contributed by atoms with Crippen LogP contribution >= 0.6 is 0 Å².